The molecule has 6 heteroatoms. The van der Waals surface area contributed by atoms with E-state index < -0.39 is 23.2 Å². The third-order valence-corrected chi connectivity index (χ3v) is 7.27. The average molecular weight is 491 g/mol. The van der Waals surface area contributed by atoms with Crippen LogP contribution >= 0.6 is 11.6 Å². The molecule has 3 aromatic carbocycles. The molecule has 0 bridgehead atoms. The van der Waals surface area contributed by atoms with Gasteiger partial charge in [0.25, 0.3) is 0 Å². The van der Waals surface area contributed by atoms with E-state index in [4.69, 9.17) is 22.1 Å². The van der Waals surface area contributed by atoms with Gasteiger partial charge in [0, 0.05) is 18.0 Å². The van der Waals surface area contributed by atoms with Crippen LogP contribution in [0, 0.1) is 0 Å². The Morgan fingerprint density at radius 2 is 1.54 bits per heavy atom. The predicted molar refractivity (Wildman–Crippen MR) is 139 cm³/mol. The summed E-state index contributed by atoms with van der Waals surface area (Å²) in [6.45, 7) is 2.71. The smallest absolute Gasteiger partial charge is 0.338 e. The molecule has 1 fully saturated rings. The minimum atomic E-state index is -0.795. The van der Waals surface area contributed by atoms with Crippen molar-refractivity contribution in [1.82, 2.24) is 5.32 Å². The molecule has 0 saturated carbocycles. The number of benzene rings is 3. The van der Waals surface area contributed by atoms with E-state index in [1.165, 1.54) is 0 Å². The van der Waals surface area contributed by atoms with E-state index in [-0.39, 0.29) is 11.4 Å². The van der Waals surface area contributed by atoms with E-state index in [0.717, 1.165) is 29.5 Å². The number of hydrogen-bond donors (Lipinski definition) is 2. The number of nitrogens with one attached hydrogen (secondary N) is 1. The Morgan fingerprint density at radius 3 is 2.00 bits per heavy atom. The molecule has 0 spiro atoms. The third-order valence-electron chi connectivity index (χ3n) is 6.90. The maximum absolute atomic E-state index is 13.4. The second-order valence-corrected chi connectivity index (χ2v) is 9.53. The summed E-state index contributed by atoms with van der Waals surface area (Å²) in [5, 5.41) is 3.68. The average Bonchev–Trinajstić information content (AvgIpc) is 2.89. The molecule has 3 unspecified atom stereocenters. The van der Waals surface area contributed by atoms with Crippen LogP contribution in [0.1, 0.15) is 52.7 Å². The fraction of sp³-hybridized carbons (Fsp3) is 0.310. The van der Waals surface area contributed by atoms with Crippen molar-refractivity contribution in [3.8, 4) is 0 Å². The Labute approximate surface area is 211 Å². The van der Waals surface area contributed by atoms with E-state index in [1.54, 1.807) is 19.1 Å². The first kappa shape index (κ1) is 25.0. The first-order chi connectivity index (χ1) is 17.0. The van der Waals surface area contributed by atoms with Crippen LogP contribution in [-0.2, 0) is 14.9 Å². The van der Waals surface area contributed by atoms with E-state index in [9.17, 15) is 9.59 Å². The van der Waals surface area contributed by atoms with Gasteiger partial charge in [0.05, 0.1) is 23.5 Å². The fourth-order valence-corrected chi connectivity index (χ4v) is 5.63. The summed E-state index contributed by atoms with van der Waals surface area (Å²) < 4.78 is 5.13. The highest BCUT2D eigenvalue weighted by atomic mass is 35.5. The zero-order valence-corrected chi connectivity index (χ0v) is 20.6. The SMILES string of the molecule is CCOC(=O)c1ccc(C(C(N)=O)C(c2ccccc2)(c2ccccc2)C2CCC(Cl)CN2)cc1. The summed E-state index contributed by atoms with van der Waals surface area (Å²) in [6, 6.07) is 27.1. The highest BCUT2D eigenvalue weighted by Gasteiger charge is 2.52. The second-order valence-electron chi connectivity index (χ2n) is 8.91. The molecule has 4 rings (SSSR count). The van der Waals surface area contributed by atoms with E-state index in [2.05, 4.69) is 29.6 Å². The minimum absolute atomic E-state index is 0.0337. The summed E-state index contributed by atoms with van der Waals surface area (Å²) in [5.74, 6) is -1.53. The Bertz CT molecular complexity index is 1090. The van der Waals surface area contributed by atoms with Crippen molar-refractivity contribution in [1.29, 1.82) is 0 Å². The normalized spacial score (nSPS) is 19.0. The van der Waals surface area contributed by atoms with Gasteiger partial charge in [-0.3, -0.25) is 4.79 Å². The van der Waals surface area contributed by atoms with Crippen LogP contribution in [-0.4, -0.2) is 36.4 Å². The van der Waals surface area contributed by atoms with Crippen molar-refractivity contribution in [3.63, 3.8) is 0 Å². The van der Waals surface area contributed by atoms with Crippen molar-refractivity contribution in [2.75, 3.05) is 13.2 Å². The van der Waals surface area contributed by atoms with Gasteiger partial charge in [-0.2, -0.15) is 0 Å². The van der Waals surface area contributed by atoms with Crippen molar-refractivity contribution in [2.45, 2.75) is 42.5 Å². The standard InChI is InChI=1S/C29H31ClN2O3/c1-2-35-28(34)21-15-13-20(14-16-21)26(27(31)33)29(22-9-5-3-6-10-22,23-11-7-4-8-12-23)25-18-17-24(30)19-32-25/h3-16,24-26,32H,2,17-19H2,1H3,(H2,31,33). The Balaban J connectivity index is 1.94. The molecule has 1 aliphatic heterocycles. The molecule has 3 atom stereocenters. The molecule has 1 amide bonds. The van der Waals surface area contributed by atoms with Gasteiger partial charge >= 0.3 is 5.97 Å². The number of primary amides is 1. The fourth-order valence-electron chi connectivity index (χ4n) is 5.42. The Hall–Kier alpha value is -3.15. The van der Waals surface area contributed by atoms with E-state index in [1.807, 2.05) is 48.5 Å². The monoisotopic (exact) mass is 490 g/mol. The molecule has 1 heterocycles. The first-order valence-corrected chi connectivity index (χ1v) is 12.5. The maximum Gasteiger partial charge on any atom is 0.338 e. The van der Waals surface area contributed by atoms with Crippen LogP contribution in [0.25, 0.3) is 0 Å². The summed E-state index contributed by atoms with van der Waals surface area (Å²) in [7, 11) is 0. The lowest BCUT2D eigenvalue weighted by molar-refractivity contribution is -0.121. The Kier molecular flexibility index (Phi) is 7.89. The number of hydrogen-bond acceptors (Lipinski definition) is 4. The van der Waals surface area contributed by atoms with Crippen molar-refractivity contribution in [2.24, 2.45) is 5.73 Å². The van der Waals surface area contributed by atoms with Gasteiger partial charge in [0.15, 0.2) is 0 Å². The summed E-state index contributed by atoms with van der Waals surface area (Å²) in [6.07, 6.45) is 1.61. The van der Waals surface area contributed by atoms with Gasteiger partial charge < -0.3 is 15.8 Å². The molecule has 0 aromatic heterocycles. The summed E-state index contributed by atoms with van der Waals surface area (Å²) in [5.41, 5.74) is 8.60. The number of halogens is 1. The largest absolute Gasteiger partial charge is 0.462 e. The molecular weight excluding hydrogens is 460 g/mol. The molecule has 1 aliphatic rings. The lowest BCUT2D eigenvalue weighted by Gasteiger charge is -2.49. The molecule has 1 saturated heterocycles. The number of nitrogens with two attached hydrogens (primary N) is 1. The van der Waals surface area contributed by atoms with Gasteiger partial charge in [-0.1, -0.05) is 72.8 Å². The number of alkyl halides is 1. The van der Waals surface area contributed by atoms with Crippen molar-refractivity contribution in [3.05, 3.63) is 107 Å². The first-order valence-electron chi connectivity index (χ1n) is 12.0. The predicted octanol–water partition coefficient (Wildman–Crippen LogP) is 4.78. The molecule has 182 valence electrons. The minimum Gasteiger partial charge on any atom is -0.462 e. The van der Waals surface area contributed by atoms with Gasteiger partial charge in [0.1, 0.15) is 0 Å². The zero-order chi connectivity index (χ0) is 24.8. The van der Waals surface area contributed by atoms with Crippen LogP contribution in [0.15, 0.2) is 84.9 Å². The number of carbonyl (C=O) groups is 2. The maximum atomic E-state index is 13.4. The van der Waals surface area contributed by atoms with Gasteiger partial charge in [-0.25, -0.2) is 4.79 Å². The quantitative estimate of drug-likeness (QED) is 0.352. The molecule has 0 aliphatic carbocycles. The molecule has 3 N–H and O–H groups in total. The molecular formula is C29H31ClN2O3. The number of ether oxygens (including phenoxy) is 1. The molecule has 0 radical (unpaired) electrons. The highest BCUT2D eigenvalue weighted by molar-refractivity contribution is 6.20. The van der Waals surface area contributed by atoms with Crippen LogP contribution in [0.5, 0.6) is 0 Å². The summed E-state index contributed by atoms with van der Waals surface area (Å²) >= 11 is 6.46. The van der Waals surface area contributed by atoms with Crippen LogP contribution < -0.4 is 11.1 Å². The number of piperidine rings is 1. The van der Waals surface area contributed by atoms with Gasteiger partial charge in [-0.05, 0) is 48.6 Å². The molecule has 3 aromatic rings. The lowest BCUT2D eigenvalue weighted by atomic mass is 9.58. The Morgan fingerprint density at radius 1 is 0.971 bits per heavy atom. The van der Waals surface area contributed by atoms with Crippen LogP contribution in [0.3, 0.4) is 0 Å². The van der Waals surface area contributed by atoms with E-state index in [0.29, 0.717) is 18.7 Å². The van der Waals surface area contributed by atoms with Crippen molar-refractivity contribution >= 4 is 23.5 Å². The molecule has 5 nitrogen and oxygen atoms in total. The van der Waals surface area contributed by atoms with Crippen LogP contribution in [0.2, 0.25) is 0 Å². The number of rotatable bonds is 8. The lowest BCUT2D eigenvalue weighted by Crippen LogP contribution is -2.58. The number of esters is 1. The van der Waals surface area contributed by atoms with Crippen molar-refractivity contribution < 1.29 is 14.3 Å². The zero-order valence-electron chi connectivity index (χ0n) is 19.8. The van der Waals surface area contributed by atoms with E-state index >= 15 is 0 Å². The topological polar surface area (TPSA) is 81.4 Å². The second kappa shape index (κ2) is 11.1. The van der Waals surface area contributed by atoms with Crippen LogP contribution in [0.4, 0.5) is 0 Å². The highest BCUT2D eigenvalue weighted by Crippen LogP contribution is 2.49. The van der Waals surface area contributed by atoms with Gasteiger partial charge in [-0.15, -0.1) is 11.6 Å². The summed E-state index contributed by atoms with van der Waals surface area (Å²) in [4.78, 5) is 25.6. The molecule has 35 heavy (non-hydrogen) atoms. The van der Waals surface area contributed by atoms with Gasteiger partial charge in [0.2, 0.25) is 5.91 Å². The third kappa shape index (κ3) is 4.97. The number of amides is 1. The number of carbonyl (C=O) groups excluding carboxylic acids is 2.